The normalized spacial score (nSPS) is 14.2. The third kappa shape index (κ3) is 5.50. The van der Waals surface area contributed by atoms with Crippen molar-refractivity contribution in [2.24, 2.45) is 5.73 Å². The topological polar surface area (TPSA) is 95.7 Å². The molecule has 0 saturated heterocycles. The van der Waals surface area contributed by atoms with Crippen LogP contribution in [0.4, 0.5) is 0 Å². The van der Waals surface area contributed by atoms with E-state index in [-0.39, 0.29) is 23.8 Å². The molecule has 1 unspecified atom stereocenters. The second-order valence-electron chi connectivity index (χ2n) is 10.2. The van der Waals surface area contributed by atoms with Gasteiger partial charge in [-0.05, 0) is 53.9 Å². The number of hydrogen-bond acceptors (Lipinski definition) is 5. The molecule has 0 fully saturated rings. The van der Waals surface area contributed by atoms with Crippen LogP contribution in [0.2, 0.25) is 0 Å². The van der Waals surface area contributed by atoms with Gasteiger partial charge in [0, 0.05) is 49.4 Å². The van der Waals surface area contributed by atoms with Crippen molar-refractivity contribution in [3.63, 3.8) is 0 Å². The molecule has 3 N–H and O–H groups in total. The molecule has 0 bridgehead atoms. The van der Waals surface area contributed by atoms with Gasteiger partial charge in [0.05, 0.1) is 0 Å². The van der Waals surface area contributed by atoms with Crippen LogP contribution >= 0.6 is 11.3 Å². The van der Waals surface area contributed by atoms with Crippen LogP contribution in [0.5, 0.6) is 0 Å². The van der Waals surface area contributed by atoms with Crippen LogP contribution in [0, 0.1) is 0 Å². The summed E-state index contributed by atoms with van der Waals surface area (Å²) in [5, 5.41) is 5.53. The lowest BCUT2D eigenvalue weighted by Crippen LogP contribution is -2.59. The molecular weight excluding hydrogens is 520 g/mol. The van der Waals surface area contributed by atoms with Crippen LogP contribution in [-0.4, -0.2) is 54.7 Å². The summed E-state index contributed by atoms with van der Waals surface area (Å²) in [4.78, 5) is 44.7. The van der Waals surface area contributed by atoms with Crippen molar-refractivity contribution >= 4 is 39.1 Å². The first-order valence-electron chi connectivity index (χ1n) is 13.2. The Labute approximate surface area is 239 Å². The molecule has 40 heavy (non-hydrogen) atoms. The number of amides is 3. The number of fused-ring (bicyclic) bond motifs is 1. The number of carbonyl (C=O) groups is 3. The Kier molecular flexibility index (Phi) is 8.71. The predicted molar refractivity (Wildman–Crippen MR) is 161 cm³/mol. The third-order valence-electron chi connectivity index (χ3n) is 7.67. The Morgan fingerprint density at radius 1 is 0.975 bits per heavy atom. The first kappa shape index (κ1) is 29.0. The van der Waals surface area contributed by atoms with Gasteiger partial charge in [-0.2, -0.15) is 0 Å². The van der Waals surface area contributed by atoms with Gasteiger partial charge in [-0.1, -0.05) is 60.7 Å². The zero-order chi connectivity index (χ0) is 29.0. The second kappa shape index (κ2) is 12.0. The van der Waals surface area contributed by atoms with Gasteiger partial charge in [-0.15, -0.1) is 11.3 Å². The van der Waals surface area contributed by atoms with Crippen molar-refractivity contribution in [1.82, 2.24) is 15.1 Å². The van der Waals surface area contributed by atoms with E-state index >= 15 is 0 Å². The largest absolute Gasteiger partial charge is 0.357 e. The summed E-state index contributed by atoms with van der Waals surface area (Å²) in [6, 6.07) is 23.6. The number of nitrogens with one attached hydrogen (secondary N) is 1. The molecule has 208 valence electrons. The van der Waals surface area contributed by atoms with Crippen LogP contribution in [0.15, 0.2) is 84.2 Å². The van der Waals surface area contributed by atoms with E-state index in [0.29, 0.717) is 17.5 Å². The van der Waals surface area contributed by atoms with E-state index in [0.717, 1.165) is 21.2 Å². The lowest BCUT2D eigenvalue weighted by atomic mass is 9.86. The molecule has 1 heterocycles. The summed E-state index contributed by atoms with van der Waals surface area (Å²) in [6.07, 6.45) is 0.331. The Balaban J connectivity index is 1.82. The number of hydrogen-bond donors (Lipinski definition) is 2. The fraction of sp³-hybridized carbons (Fsp3) is 0.281. The van der Waals surface area contributed by atoms with Gasteiger partial charge in [0.15, 0.2) is 0 Å². The van der Waals surface area contributed by atoms with E-state index < -0.39 is 11.6 Å². The summed E-state index contributed by atoms with van der Waals surface area (Å²) in [5.41, 5.74) is 7.57. The Morgan fingerprint density at radius 2 is 1.65 bits per heavy atom. The van der Waals surface area contributed by atoms with Crippen LogP contribution in [0.25, 0.3) is 10.1 Å². The van der Waals surface area contributed by atoms with E-state index in [1.54, 1.807) is 46.3 Å². The van der Waals surface area contributed by atoms with E-state index in [2.05, 4.69) is 5.32 Å². The highest BCUT2D eigenvalue weighted by Crippen LogP contribution is 2.39. The highest BCUT2D eigenvalue weighted by atomic mass is 32.1. The standard InChI is InChI=1S/C32H36N4O3S/c1-21(33)23-14-11-15-24(19-23)30(38)36(5)32(2,26-20-40-28-17-10-9-16-25(26)28)31(39)35(4)27(29(37)34-3)18-22-12-7-6-8-13-22/h6-17,19-21,27H,18,33H2,1-5H3,(H,34,37)/t21?,27-,32-/m1/s1. The lowest BCUT2D eigenvalue weighted by Gasteiger charge is -2.42. The molecule has 7 nitrogen and oxygen atoms in total. The summed E-state index contributed by atoms with van der Waals surface area (Å²) in [5.74, 6) is -0.961. The minimum absolute atomic E-state index is 0.246. The van der Waals surface area contributed by atoms with E-state index in [9.17, 15) is 14.4 Å². The van der Waals surface area contributed by atoms with E-state index in [4.69, 9.17) is 5.73 Å². The molecule has 1 aromatic heterocycles. The van der Waals surface area contributed by atoms with Gasteiger partial charge in [0.25, 0.3) is 11.8 Å². The summed E-state index contributed by atoms with van der Waals surface area (Å²) in [6.45, 7) is 3.62. The fourth-order valence-electron chi connectivity index (χ4n) is 5.04. The van der Waals surface area contributed by atoms with Gasteiger partial charge in [-0.3, -0.25) is 14.4 Å². The van der Waals surface area contributed by atoms with Crippen LogP contribution in [0.3, 0.4) is 0 Å². The summed E-state index contributed by atoms with van der Waals surface area (Å²) in [7, 11) is 4.84. The first-order chi connectivity index (χ1) is 19.1. The molecule has 3 amide bonds. The van der Waals surface area contributed by atoms with Crippen molar-refractivity contribution in [3.8, 4) is 0 Å². The lowest BCUT2D eigenvalue weighted by molar-refractivity contribution is -0.147. The van der Waals surface area contributed by atoms with Crippen molar-refractivity contribution in [2.45, 2.75) is 37.9 Å². The number of thiophene rings is 1. The molecule has 3 aromatic carbocycles. The number of nitrogens with zero attached hydrogens (tertiary/aromatic N) is 2. The number of carbonyl (C=O) groups excluding carboxylic acids is 3. The zero-order valence-corrected chi connectivity index (χ0v) is 24.4. The second-order valence-corrected chi connectivity index (χ2v) is 11.1. The average molecular weight is 557 g/mol. The zero-order valence-electron chi connectivity index (χ0n) is 23.5. The Morgan fingerprint density at radius 3 is 2.33 bits per heavy atom. The maximum absolute atomic E-state index is 14.6. The molecule has 4 aromatic rings. The van der Waals surface area contributed by atoms with E-state index in [1.165, 1.54) is 21.1 Å². The monoisotopic (exact) mass is 556 g/mol. The summed E-state index contributed by atoms with van der Waals surface area (Å²) < 4.78 is 1.01. The molecule has 3 atom stereocenters. The molecule has 0 aliphatic carbocycles. The maximum atomic E-state index is 14.6. The van der Waals surface area contributed by atoms with Gasteiger partial charge in [-0.25, -0.2) is 0 Å². The van der Waals surface area contributed by atoms with Gasteiger partial charge < -0.3 is 20.9 Å². The number of benzene rings is 3. The van der Waals surface area contributed by atoms with Crippen LogP contribution in [-0.2, 0) is 21.5 Å². The van der Waals surface area contributed by atoms with Crippen molar-refractivity contribution < 1.29 is 14.4 Å². The maximum Gasteiger partial charge on any atom is 0.254 e. The molecule has 8 heteroatoms. The SMILES string of the molecule is CNC(=O)[C@@H](Cc1ccccc1)N(C)C(=O)[C@@](C)(c1csc2ccccc12)N(C)C(=O)c1cccc(C(C)N)c1. The minimum atomic E-state index is -1.42. The third-order valence-corrected chi connectivity index (χ3v) is 8.63. The Bertz CT molecular complexity index is 1520. The predicted octanol–water partition coefficient (Wildman–Crippen LogP) is 4.72. The van der Waals surface area contributed by atoms with Gasteiger partial charge in [0.2, 0.25) is 5.91 Å². The molecule has 0 saturated carbocycles. The highest BCUT2D eigenvalue weighted by Gasteiger charge is 2.47. The molecule has 0 spiro atoms. The number of likely N-dealkylation sites (N-methyl/N-ethyl adjacent to an activating group) is 3. The molecule has 4 rings (SSSR count). The molecule has 0 aliphatic heterocycles. The van der Waals surface area contributed by atoms with Crippen molar-refractivity contribution in [1.29, 1.82) is 0 Å². The molecular formula is C32H36N4O3S. The van der Waals surface area contributed by atoms with Gasteiger partial charge in [0.1, 0.15) is 11.6 Å². The quantitative estimate of drug-likeness (QED) is 0.312. The average Bonchev–Trinajstić information content (AvgIpc) is 3.43. The smallest absolute Gasteiger partial charge is 0.254 e. The Hall–Kier alpha value is -4.01. The molecule has 0 radical (unpaired) electrons. The first-order valence-corrected chi connectivity index (χ1v) is 14.1. The fourth-order valence-corrected chi connectivity index (χ4v) is 6.10. The number of rotatable bonds is 9. The van der Waals surface area contributed by atoms with Crippen LogP contribution in [0.1, 0.15) is 46.9 Å². The van der Waals surface area contributed by atoms with Crippen molar-refractivity contribution in [3.05, 3.63) is 106 Å². The van der Waals surface area contributed by atoms with Crippen LogP contribution < -0.4 is 11.1 Å². The molecule has 0 aliphatic rings. The van der Waals surface area contributed by atoms with E-state index in [1.807, 2.05) is 73.0 Å². The number of nitrogens with two attached hydrogens (primary N) is 1. The summed E-state index contributed by atoms with van der Waals surface area (Å²) >= 11 is 1.52. The van der Waals surface area contributed by atoms with Crippen molar-refractivity contribution in [2.75, 3.05) is 21.1 Å². The van der Waals surface area contributed by atoms with Gasteiger partial charge >= 0.3 is 0 Å². The highest BCUT2D eigenvalue weighted by molar-refractivity contribution is 7.17. The minimum Gasteiger partial charge on any atom is -0.357 e.